The summed E-state index contributed by atoms with van der Waals surface area (Å²) in [6, 6.07) is 14.0. The van der Waals surface area contributed by atoms with Crippen LogP contribution in [0.3, 0.4) is 0 Å². The molecule has 0 fully saturated rings. The number of nitrogens with zero attached hydrogens (tertiary/aromatic N) is 3. The van der Waals surface area contributed by atoms with Gasteiger partial charge in [-0.1, -0.05) is 18.2 Å². The van der Waals surface area contributed by atoms with Gasteiger partial charge in [0.15, 0.2) is 0 Å². The van der Waals surface area contributed by atoms with Crippen LogP contribution in [0, 0.1) is 0 Å². The Bertz CT molecular complexity index is 1100. The first-order valence-corrected chi connectivity index (χ1v) is 8.18. The molecule has 0 aliphatic carbocycles. The van der Waals surface area contributed by atoms with E-state index in [0.29, 0.717) is 23.3 Å². The van der Waals surface area contributed by atoms with E-state index in [2.05, 4.69) is 15.3 Å². The Labute approximate surface area is 149 Å². The zero-order chi connectivity index (χ0) is 18.1. The molecule has 2 heterocycles. The Kier molecular flexibility index (Phi) is 3.96. The second-order valence-electron chi connectivity index (χ2n) is 5.85. The number of ether oxygens (including phenoxy) is 1. The number of para-hydroxylation sites is 1. The van der Waals surface area contributed by atoms with Gasteiger partial charge in [0.05, 0.1) is 18.2 Å². The zero-order valence-electron chi connectivity index (χ0n) is 14.1. The maximum atomic E-state index is 12.6. The molecule has 1 aromatic heterocycles. The zero-order valence-corrected chi connectivity index (χ0v) is 14.1. The molecule has 4 rings (SSSR count). The molecule has 0 saturated carbocycles. The third-order valence-electron chi connectivity index (χ3n) is 4.25. The minimum absolute atomic E-state index is 0.305. The van der Waals surface area contributed by atoms with Crippen molar-refractivity contribution in [3.05, 3.63) is 65.3 Å². The van der Waals surface area contributed by atoms with Crippen molar-refractivity contribution in [3.63, 3.8) is 0 Å². The Morgan fingerprint density at radius 3 is 2.81 bits per heavy atom. The Balaban J connectivity index is 1.82. The number of nitrogens with one attached hydrogen (secondary N) is 1. The number of amides is 1. The van der Waals surface area contributed by atoms with Crippen molar-refractivity contribution in [3.8, 4) is 0 Å². The number of esters is 1. The predicted molar refractivity (Wildman–Crippen MR) is 95.9 cm³/mol. The highest BCUT2D eigenvalue weighted by Crippen LogP contribution is 2.22. The van der Waals surface area contributed by atoms with Gasteiger partial charge in [-0.2, -0.15) is 4.99 Å². The molecule has 1 N–H and O–H groups in total. The van der Waals surface area contributed by atoms with E-state index in [1.807, 2.05) is 28.8 Å². The van der Waals surface area contributed by atoms with Crippen molar-refractivity contribution in [2.75, 3.05) is 19.0 Å². The van der Waals surface area contributed by atoms with Crippen LogP contribution in [-0.4, -0.2) is 35.1 Å². The quantitative estimate of drug-likeness (QED) is 0.716. The molecule has 1 amide bonds. The minimum Gasteiger partial charge on any atom is -0.465 e. The molecule has 3 aromatic rings. The summed E-state index contributed by atoms with van der Waals surface area (Å²) in [5.41, 5.74) is 1.72. The van der Waals surface area contributed by atoms with Crippen LogP contribution in [0.25, 0.3) is 10.9 Å². The highest BCUT2D eigenvalue weighted by atomic mass is 16.5. The smallest absolute Gasteiger partial charge is 0.337 e. The topological polar surface area (TPSA) is 85.6 Å². The lowest BCUT2D eigenvalue weighted by Crippen LogP contribution is -2.24. The summed E-state index contributed by atoms with van der Waals surface area (Å²) in [6.45, 7) is 1.44. The van der Waals surface area contributed by atoms with Crippen LogP contribution in [0.2, 0.25) is 0 Å². The number of anilines is 1. The van der Waals surface area contributed by atoms with E-state index >= 15 is 0 Å². The summed E-state index contributed by atoms with van der Waals surface area (Å²) < 4.78 is 6.59. The molecule has 26 heavy (non-hydrogen) atoms. The number of carbonyl (C=O) groups is 2. The first-order chi connectivity index (χ1) is 12.7. The average Bonchev–Trinajstić information content (AvgIpc) is 3.18. The molecule has 7 heteroatoms. The van der Waals surface area contributed by atoms with Gasteiger partial charge in [0.1, 0.15) is 5.82 Å². The summed E-state index contributed by atoms with van der Waals surface area (Å²) in [4.78, 5) is 33.0. The first kappa shape index (κ1) is 16.0. The molecule has 0 radical (unpaired) electrons. The summed E-state index contributed by atoms with van der Waals surface area (Å²) >= 11 is 0. The van der Waals surface area contributed by atoms with Gasteiger partial charge < -0.3 is 10.1 Å². The van der Waals surface area contributed by atoms with Crippen molar-refractivity contribution in [1.82, 2.24) is 9.55 Å². The van der Waals surface area contributed by atoms with Crippen molar-refractivity contribution in [2.24, 2.45) is 4.99 Å². The van der Waals surface area contributed by atoms with Crippen LogP contribution >= 0.6 is 0 Å². The van der Waals surface area contributed by atoms with Gasteiger partial charge in [-0.05, 0) is 30.3 Å². The fraction of sp³-hybridized carbons (Fsp3) is 0.158. The lowest BCUT2D eigenvalue weighted by Gasteiger charge is -2.07. The summed E-state index contributed by atoms with van der Waals surface area (Å²) in [5.74, 6) is -0.0476. The number of aromatic nitrogens is 2. The second-order valence-corrected chi connectivity index (χ2v) is 5.85. The normalized spacial score (nSPS) is 13.3. The fourth-order valence-electron chi connectivity index (χ4n) is 3.01. The Hall–Kier alpha value is -3.48. The van der Waals surface area contributed by atoms with Gasteiger partial charge >= 0.3 is 5.97 Å². The van der Waals surface area contributed by atoms with Crippen LogP contribution in [0.4, 0.5) is 5.82 Å². The van der Waals surface area contributed by atoms with Crippen molar-refractivity contribution in [1.29, 1.82) is 0 Å². The molecule has 0 saturated heterocycles. The maximum Gasteiger partial charge on any atom is 0.337 e. The Morgan fingerprint density at radius 1 is 1.15 bits per heavy atom. The first-order valence-electron chi connectivity index (χ1n) is 8.18. The molecule has 7 nitrogen and oxygen atoms in total. The number of hydrogen-bond acceptors (Lipinski definition) is 5. The van der Waals surface area contributed by atoms with E-state index in [4.69, 9.17) is 4.74 Å². The van der Waals surface area contributed by atoms with Crippen LogP contribution < -0.4 is 10.9 Å². The van der Waals surface area contributed by atoms with Gasteiger partial charge in [-0.3, -0.25) is 9.36 Å². The number of hydrogen-bond donors (Lipinski definition) is 1. The van der Waals surface area contributed by atoms with Crippen LogP contribution in [0.5, 0.6) is 0 Å². The summed E-state index contributed by atoms with van der Waals surface area (Å²) in [5, 5.41) is 4.31. The minimum atomic E-state index is -0.497. The van der Waals surface area contributed by atoms with E-state index in [1.54, 1.807) is 18.2 Å². The summed E-state index contributed by atoms with van der Waals surface area (Å²) in [7, 11) is 1.30. The third kappa shape index (κ3) is 2.73. The largest absolute Gasteiger partial charge is 0.465 e. The highest BCUT2D eigenvalue weighted by Gasteiger charge is 2.16. The van der Waals surface area contributed by atoms with E-state index in [0.717, 1.165) is 23.3 Å². The second kappa shape index (κ2) is 6.44. The molecule has 0 spiro atoms. The third-order valence-corrected chi connectivity index (χ3v) is 4.25. The SMILES string of the molecule is COC(=O)c1cccc(C(=O)N=c2nc3ccccc3c3n2CCN3)c1. The summed E-state index contributed by atoms with van der Waals surface area (Å²) in [6.07, 6.45) is 0. The highest BCUT2D eigenvalue weighted by molar-refractivity contribution is 5.98. The van der Waals surface area contributed by atoms with Crippen molar-refractivity contribution in [2.45, 2.75) is 6.54 Å². The Morgan fingerprint density at radius 2 is 1.96 bits per heavy atom. The number of benzene rings is 2. The van der Waals surface area contributed by atoms with Gasteiger partial charge in [0.25, 0.3) is 5.91 Å². The number of carbonyl (C=O) groups excluding carboxylic acids is 2. The maximum absolute atomic E-state index is 12.6. The molecular formula is C19H16N4O3. The molecule has 0 atom stereocenters. The van der Waals surface area contributed by atoms with Gasteiger partial charge in [0.2, 0.25) is 5.62 Å². The van der Waals surface area contributed by atoms with E-state index in [9.17, 15) is 9.59 Å². The fourth-order valence-corrected chi connectivity index (χ4v) is 3.01. The lowest BCUT2D eigenvalue weighted by molar-refractivity contribution is 0.0600. The van der Waals surface area contributed by atoms with E-state index in [-0.39, 0.29) is 0 Å². The van der Waals surface area contributed by atoms with Crippen molar-refractivity contribution >= 4 is 28.6 Å². The predicted octanol–water partition coefficient (Wildman–Crippen LogP) is 1.99. The van der Waals surface area contributed by atoms with Crippen LogP contribution in [-0.2, 0) is 11.3 Å². The van der Waals surface area contributed by atoms with E-state index < -0.39 is 11.9 Å². The molecule has 1 aliphatic rings. The van der Waals surface area contributed by atoms with Gasteiger partial charge in [-0.25, -0.2) is 9.78 Å². The lowest BCUT2D eigenvalue weighted by atomic mass is 10.1. The molecule has 0 bridgehead atoms. The molecule has 0 unspecified atom stereocenters. The average molecular weight is 348 g/mol. The molecular weight excluding hydrogens is 332 g/mol. The number of methoxy groups -OCH3 is 1. The molecule has 2 aromatic carbocycles. The van der Waals surface area contributed by atoms with Gasteiger partial charge in [-0.15, -0.1) is 0 Å². The molecule has 1 aliphatic heterocycles. The standard InChI is InChI=1S/C19H16N4O3/c1-26-18(25)13-6-4-5-12(11-13)17(24)22-19-21-15-8-3-2-7-14(15)16-20-9-10-23(16)19/h2-8,11,20H,9-10H2,1H3. The number of fused-ring (bicyclic) bond motifs is 3. The van der Waals surface area contributed by atoms with Crippen LogP contribution in [0.1, 0.15) is 20.7 Å². The monoisotopic (exact) mass is 348 g/mol. The van der Waals surface area contributed by atoms with Gasteiger partial charge in [0, 0.05) is 24.0 Å². The van der Waals surface area contributed by atoms with Crippen LogP contribution in [0.15, 0.2) is 53.5 Å². The molecule has 130 valence electrons. The number of rotatable bonds is 2. The van der Waals surface area contributed by atoms with E-state index in [1.165, 1.54) is 13.2 Å². The van der Waals surface area contributed by atoms with Crippen molar-refractivity contribution < 1.29 is 14.3 Å².